The Morgan fingerprint density at radius 1 is 0.944 bits per heavy atom. The molecule has 1 unspecified atom stereocenters. The van der Waals surface area contributed by atoms with Crippen molar-refractivity contribution in [1.29, 1.82) is 0 Å². The third-order valence-electron chi connectivity index (χ3n) is 2.95. The van der Waals surface area contributed by atoms with E-state index in [0.717, 1.165) is 12.2 Å². The molecule has 0 bridgehead atoms. The Morgan fingerprint density at radius 3 is 2.17 bits per heavy atom. The molecule has 92 valence electrons. The average Bonchev–Trinajstić information content (AvgIpc) is 2.46. The van der Waals surface area contributed by atoms with Crippen molar-refractivity contribution in [2.24, 2.45) is 0 Å². The summed E-state index contributed by atoms with van der Waals surface area (Å²) >= 11 is 0. The van der Waals surface area contributed by atoms with Crippen LogP contribution in [0.25, 0.3) is 0 Å². The van der Waals surface area contributed by atoms with Crippen molar-refractivity contribution < 1.29 is 4.74 Å². The lowest BCUT2D eigenvalue weighted by Crippen LogP contribution is -2.03. The van der Waals surface area contributed by atoms with Gasteiger partial charge < -0.3 is 4.74 Å². The minimum absolute atomic E-state index is 0.356. The van der Waals surface area contributed by atoms with Crippen LogP contribution in [0.5, 0.6) is 5.75 Å². The molecule has 0 aliphatic heterocycles. The summed E-state index contributed by atoms with van der Waals surface area (Å²) in [5.74, 6) is 1.28. The third kappa shape index (κ3) is 3.49. The van der Waals surface area contributed by atoms with Gasteiger partial charge in [-0.15, -0.1) is 6.58 Å². The van der Waals surface area contributed by atoms with Crippen LogP contribution in [-0.2, 0) is 0 Å². The minimum Gasteiger partial charge on any atom is -0.494 e. The van der Waals surface area contributed by atoms with Crippen molar-refractivity contribution in [3.63, 3.8) is 0 Å². The molecule has 0 aliphatic carbocycles. The predicted octanol–water partition coefficient (Wildman–Crippen LogP) is 4.43. The van der Waals surface area contributed by atoms with Gasteiger partial charge in [0.25, 0.3) is 0 Å². The van der Waals surface area contributed by atoms with E-state index < -0.39 is 0 Å². The molecule has 0 heterocycles. The highest BCUT2D eigenvalue weighted by atomic mass is 16.5. The standard InChI is InChI=1S/C17H18O/c1-2-15(16-9-5-3-6-10-16)13-14-18-17-11-7-4-8-12-17/h2-12,15H,1,13-14H2. The molecule has 0 amide bonds. The summed E-state index contributed by atoms with van der Waals surface area (Å²) in [7, 11) is 0. The molecule has 0 N–H and O–H groups in total. The van der Waals surface area contributed by atoms with Gasteiger partial charge in [0.1, 0.15) is 5.75 Å². The van der Waals surface area contributed by atoms with Crippen LogP contribution in [0.15, 0.2) is 73.3 Å². The fourth-order valence-corrected chi connectivity index (χ4v) is 1.94. The second-order valence-corrected chi connectivity index (χ2v) is 4.20. The topological polar surface area (TPSA) is 9.23 Å². The summed E-state index contributed by atoms with van der Waals surface area (Å²) in [6, 6.07) is 20.3. The highest BCUT2D eigenvalue weighted by molar-refractivity contribution is 5.23. The monoisotopic (exact) mass is 238 g/mol. The molecule has 1 heteroatoms. The zero-order valence-corrected chi connectivity index (χ0v) is 10.5. The maximum absolute atomic E-state index is 5.71. The highest BCUT2D eigenvalue weighted by Crippen LogP contribution is 2.21. The lowest BCUT2D eigenvalue weighted by atomic mass is 9.96. The van der Waals surface area contributed by atoms with E-state index in [1.165, 1.54) is 5.56 Å². The summed E-state index contributed by atoms with van der Waals surface area (Å²) in [5, 5.41) is 0. The van der Waals surface area contributed by atoms with E-state index >= 15 is 0 Å². The van der Waals surface area contributed by atoms with Gasteiger partial charge in [-0.2, -0.15) is 0 Å². The van der Waals surface area contributed by atoms with Crippen molar-refractivity contribution in [2.75, 3.05) is 6.61 Å². The van der Waals surface area contributed by atoms with Gasteiger partial charge in [-0.1, -0.05) is 54.6 Å². The SMILES string of the molecule is C=CC(CCOc1ccccc1)c1ccccc1. The normalized spacial score (nSPS) is 11.8. The van der Waals surface area contributed by atoms with Gasteiger partial charge in [0, 0.05) is 5.92 Å². The van der Waals surface area contributed by atoms with Crippen molar-refractivity contribution >= 4 is 0 Å². The fourth-order valence-electron chi connectivity index (χ4n) is 1.94. The van der Waals surface area contributed by atoms with E-state index in [0.29, 0.717) is 12.5 Å². The van der Waals surface area contributed by atoms with E-state index in [2.05, 4.69) is 30.8 Å². The Bertz CT molecular complexity index is 461. The van der Waals surface area contributed by atoms with Crippen LogP contribution in [0.4, 0.5) is 0 Å². The Balaban J connectivity index is 1.87. The van der Waals surface area contributed by atoms with Gasteiger partial charge in [-0.25, -0.2) is 0 Å². The van der Waals surface area contributed by atoms with Crippen LogP contribution in [-0.4, -0.2) is 6.61 Å². The lowest BCUT2D eigenvalue weighted by molar-refractivity contribution is 0.305. The van der Waals surface area contributed by atoms with Gasteiger partial charge in [-0.3, -0.25) is 0 Å². The highest BCUT2D eigenvalue weighted by Gasteiger charge is 2.06. The molecule has 0 saturated heterocycles. The van der Waals surface area contributed by atoms with E-state index in [1.807, 2.05) is 42.5 Å². The number of rotatable bonds is 6. The Morgan fingerprint density at radius 2 is 1.56 bits per heavy atom. The van der Waals surface area contributed by atoms with Crippen LogP contribution in [0.2, 0.25) is 0 Å². The second kappa shape index (κ2) is 6.65. The van der Waals surface area contributed by atoms with Crippen LogP contribution >= 0.6 is 0 Å². The smallest absolute Gasteiger partial charge is 0.119 e. The number of benzene rings is 2. The molecular formula is C17H18O. The zero-order chi connectivity index (χ0) is 12.6. The molecule has 0 saturated carbocycles. The first kappa shape index (κ1) is 12.4. The quantitative estimate of drug-likeness (QED) is 0.677. The zero-order valence-electron chi connectivity index (χ0n) is 10.5. The van der Waals surface area contributed by atoms with Crippen molar-refractivity contribution in [3.8, 4) is 5.75 Å². The maximum atomic E-state index is 5.71. The van der Waals surface area contributed by atoms with Gasteiger partial charge in [-0.05, 0) is 24.1 Å². The second-order valence-electron chi connectivity index (χ2n) is 4.20. The Hall–Kier alpha value is -2.02. The summed E-state index contributed by atoms with van der Waals surface area (Å²) in [4.78, 5) is 0. The van der Waals surface area contributed by atoms with Gasteiger partial charge in [0.05, 0.1) is 6.61 Å². The van der Waals surface area contributed by atoms with E-state index in [1.54, 1.807) is 0 Å². The molecule has 2 aromatic carbocycles. The number of hydrogen-bond acceptors (Lipinski definition) is 1. The Labute approximate surface area is 109 Å². The number of ether oxygens (including phenoxy) is 1. The van der Waals surface area contributed by atoms with Crippen molar-refractivity contribution in [3.05, 3.63) is 78.9 Å². The molecule has 18 heavy (non-hydrogen) atoms. The summed E-state index contributed by atoms with van der Waals surface area (Å²) in [6.07, 6.45) is 2.94. The van der Waals surface area contributed by atoms with E-state index in [9.17, 15) is 0 Å². The molecule has 1 atom stereocenters. The number of para-hydroxylation sites is 1. The summed E-state index contributed by atoms with van der Waals surface area (Å²) in [5.41, 5.74) is 1.30. The van der Waals surface area contributed by atoms with Crippen LogP contribution < -0.4 is 4.74 Å². The van der Waals surface area contributed by atoms with Crippen LogP contribution in [0, 0.1) is 0 Å². The minimum atomic E-state index is 0.356. The molecule has 0 radical (unpaired) electrons. The molecule has 2 aromatic rings. The molecule has 0 aliphatic rings. The molecule has 1 nitrogen and oxygen atoms in total. The molecule has 0 fully saturated rings. The van der Waals surface area contributed by atoms with E-state index in [4.69, 9.17) is 4.74 Å². The number of allylic oxidation sites excluding steroid dienone is 1. The predicted molar refractivity (Wildman–Crippen MR) is 75.9 cm³/mol. The first-order valence-electron chi connectivity index (χ1n) is 6.25. The van der Waals surface area contributed by atoms with Crippen molar-refractivity contribution in [2.45, 2.75) is 12.3 Å². The van der Waals surface area contributed by atoms with Gasteiger partial charge in [0.15, 0.2) is 0 Å². The Kier molecular flexibility index (Phi) is 4.60. The van der Waals surface area contributed by atoms with E-state index in [-0.39, 0.29) is 0 Å². The van der Waals surface area contributed by atoms with Crippen molar-refractivity contribution in [1.82, 2.24) is 0 Å². The summed E-state index contributed by atoms with van der Waals surface area (Å²) in [6.45, 7) is 4.61. The van der Waals surface area contributed by atoms with Gasteiger partial charge >= 0.3 is 0 Å². The fraction of sp³-hybridized carbons (Fsp3) is 0.176. The molecular weight excluding hydrogens is 220 g/mol. The number of hydrogen-bond donors (Lipinski definition) is 0. The molecule has 0 aromatic heterocycles. The molecule has 2 rings (SSSR count). The largest absolute Gasteiger partial charge is 0.494 e. The lowest BCUT2D eigenvalue weighted by Gasteiger charge is -2.13. The first-order valence-corrected chi connectivity index (χ1v) is 6.25. The average molecular weight is 238 g/mol. The third-order valence-corrected chi connectivity index (χ3v) is 2.95. The van der Waals surface area contributed by atoms with Gasteiger partial charge in [0.2, 0.25) is 0 Å². The summed E-state index contributed by atoms with van der Waals surface area (Å²) < 4.78 is 5.71. The van der Waals surface area contributed by atoms with Crippen LogP contribution in [0.3, 0.4) is 0 Å². The van der Waals surface area contributed by atoms with Crippen LogP contribution in [0.1, 0.15) is 17.9 Å². The first-order chi connectivity index (χ1) is 8.90. The molecule has 0 spiro atoms. The maximum Gasteiger partial charge on any atom is 0.119 e.